The molecule has 1 amide bonds. The highest BCUT2D eigenvalue weighted by molar-refractivity contribution is 8.00. The van der Waals surface area contributed by atoms with Crippen molar-refractivity contribution < 1.29 is 13.2 Å². The van der Waals surface area contributed by atoms with Gasteiger partial charge in [-0.1, -0.05) is 13.3 Å². The number of carbonyl (C=O) groups is 1. The molecule has 5 nitrogen and oxygen atoms in total. The smallest absolute Gasteiger partial charge is 0.243 e. The van der Waals surface area contributed by atoms with Crippen LogP contribution in [0.3, 0.4) is 0 Å². The van der Waals surface area contributed by atoms with Crippen LogP contribution in [0.25, 0.3) is 0 Å². The highest BCUT2D eigenvalue weighted by Crippen LogP contribution is 2.36. The van der Waals surface area contributed by atoms with Crippen molar-refractivity contribution in [3.05, 3.63) is 18.2 Å². The Morgan fingerprint density at radius 2 is 1.95 bits per heavy atom. The Kier molecular flexibility index (Phi) is 4.47. The fourth-order valence-corrected chi connectivity index (χ4v) is 5.44. The van der Waals surface area contributed by atoms with E-state index in [0.717, 1.165) is 24.2 Å². The van der Waals surface area contributed by atoms with Gasteiger partial charge in [0.2, 0.25) is 15.9 Å². The molecule has 0 aliphatic carbocycles. The van der Waals surface area contributed by atoms with Gasteiger partial charge < -0.3 is 5.32 Å². The van der Waals surface area contributed by atoms with E-state index in [9.17, 15) is 13.2 Å². The lowest BCUT2D eigenvalue weighted by Crippen LogP contribution is -2.35. The minimum Gasteiger partial charge on any atom is -0.325 e. The number of nitrogens with one attached hydrogen (secondary N) is 1. The summed E-state index contributed by atoms with van der Waals surface area (Å²) in [6, 6.07) is 5.06. The lowest BCUT2D eigenvalue weighted by Gasteiger charge is -2.26. The van der Waals surface area contributed by atoms with Gasteiger partial charge in [0.05, 0.1) is 10.6 Å². The Morgan fingerprint density at radius 3 is 2.68 bits per heavy atom. The van der Waals surface area contributed by atoms with Crippen LogP contribution in [-0.2, 0) is 14.8 Å². The van der Waals surface area contributed by atoms with Crippen molar-refractivity contribution in [2.45, 2.75) is 47.6 Å². The summed E-state index contributed by atoms with van der Waals surface area (Å²) in [7, 11) is -3.47. The third-order valence-electron chi connectivity index (χ3n) is 3.98. The van der Waals surface area contributed by atoms with Crippen molar-refractivity contribution in [1.29, 1.82) is 0 Å². The molecule has 3 rings (SSSR count). The van der Waals surface area contributed by atoms with E-state index < -0.39 is 10.0 Å². The normalized spacial score (nSPS) is 23.5. The number of amides is 1. The first kappa shape index (κ1) is 15.8. The van der Waals surface area contributed by atoms with Crippen molar-refractivity contribution in [2.24, 2.45) is 0 Å². The van der Waals surface area contributed by atoms with Crippen LogP contribution in [0.5, 0.6) is 0 Å². The average molecular weight is 340 g/mol. The zero-order valence-electron chi connectivity index (χ0n) is 12.5. The summed E-state index contributed by atoms with van der Waals surface area (Å²) < 4.78 is 27.0. The second kappa shape index (κ2) is 6.22. The van der Waals surface area contributed by atoms with Gasteiger partial charge in [-0.25, -0.2) is 8.42 Å². The molecule has 1 aromatic carbocycles. The van der Waals surface area contributed by atoms with Crippen molar-refractivity contribution in [3.63, 3.8) is 0 Å². The maximum absolute atomic E-state index is 12.7. The Bertz CT molecular complexity index is 682. The molecule has 7 heteroatoms. The largest absolute Gasteiger partial charge is 0.325 e. The van der Waals surface area contributed by atoms with Gasteiger partial charge in [-0.2, -0.15) is 4.31 Å². The van der Waals surface area contributed by atoms with Gasteiger partial charge in [0.15, 0.2) is 0 Å². The van der Waals surface area contributed by atoms with Gasteiger partial charge in [-0.05, 0) is 31.0 Å². The zero-order chi connectivity index (χ0) is 15.7. The van der Waals surface area contributed by atoms with Gasteiger partial charge in [-0.15, -0.1) is 11.8 Å². The van der Waals surface area contributed by atoms with Crippen molar-refractivity contribution in [2.75, 3.05) is 18.4 Å². The SMILES string of the molecule is CC1CC(=O)Nc2cc(S(=O)(=O)N3CCCCC3)ccc2S1. The van der Waals surface area contributed by atoms with Crippen LogP contribution in [-0.4, -0.2) is 37.0 Å². The molecule has 1 unspecified atom stereocenters. The Hall–Kier alpha value is -1.05. The first-order valence-electron chi connectivity index (χ1n) is 7.57. The maximum atomic E-state index is 12.7. The highest BCUT2D eigenvalue weighted by Gasteiger charge is 2.27. The fourth-order valence-electron chi connectivity index (χ4n) is 2.85. The molecular weight excluding hydrogens is 320 g/mol. The summed E-state index contributed by atoms with van der Waals surface area (Å²) in [6.45, 7) is 3.16. The Morgan fingerprint density at radius 1 is 1.23 bits per heavy atom. The first-order valence-corrected chi connectivity index (χ1v) is 9.89. The average Bonchev–Trinajstić information content (AvgIpc) is 2.63. The molecule has 1 saturated heterocycles. The molecule has 0 bridgehead atoms. The van der Waals surface area contributed by atoms with Gasteiger partial charge in [0.1, 0.15) is 0 Å². The number of hydrogen-bond acceptors (Lipinski definition) is 4. The molecule has 1 N–H and O–H groups in total. The topological polar surface area (TPSA) is 66.5 Å². The van der Waals surface area contributed by atoms with E-state index in [-0.39, 0.29) is 16.1 Å². The number of fused-ring (bicyclic) bond motifs is 1. The molecular formula is C15H20N2O3S2. The van der Waals surface area contributed by atoms with Gasteiger partial charge in [-0.3, -0.25) is 4.79 Å². The minimum atomic E-state index is -3.47. The van der Waals surface area contributed by atoms with Crippen LogP contribution in [0.4, 0.5) is 5.69 Å². The van der Waals surface area contributed by atoms with Crippen LogP contribution in [0.1, 0.15) is 32.6 Å². The summed E-state index contributed by atoms with van der Waals surface area (Å²) in [6.07, 6.45) is 3.34. The van der Waals surface area contributed by atoms with E-state index in [1.807, 2.05) is 6.92 Å². The van der Waals surface area contributed by atoms with Gasteiger partial charge in [0, 0.05) is 29.7 Å². The van der Waals surface area contributed by atoms with Crippen LogP contribution < -0.4 is 5.32 Å². The van der Waals surface area contributed by atoms with E-state index in [0.29, 0.717) is 25.2 Å². The number of carbonyl (C=O) groups excluding carboxylic acids is 1. The van der Waals surface area contributed by atoms with Crippen LogP contribution in [0, 0.1) is 0 Å². The monoisotopic (exact) mass is 340 g/mol. The van der Waals surface area contributed by atoms with E-state index in [1.165, 1.54) is 0 Å². The quantitative estimate of drug-likeness (QED) is 0.899. The van der Waals surface area contributed by atoms with Crippen LogP contribution >= 0.6 is 11.8 Å². The summed E-state index contributed by atoms with van der Waals surface area (Å²) in [5, 5.41) is 3.01. The maximum Gasteiger partial charge on any atom is 0.243 e. The molecule has 0 radical (unpaired) electrons. The number of nitrogens with zero attached hydrogens (tertiary/aromatic N) is 1. The molecule has 1 atom stereocenters. The molecule has 22 heavy (non-hydrogen) atoms. The lowest BCUT2D eigenvalue weighted by molar-refractivity contribution is -0.116. The predicted octanol–water partition coefficient (Wildman–Crippen LogP) is 2.68. The second-order valence-electron chi connectivity index (χ2n) is 5.80. The van der Waals surface area contributed by atoms with Gasteiger partial charge in [0.25, 0.3) is 0 Å². The summed E-state index contributed by atoms with van der Waals surface area (Å²) in [5.74, 6) is -0.0636. The molecule has 2 aliphatic heterocycles. The number of benzene rings is 1. The van der Waals surface area contributed by atoms with Crippen LogP contribution in [0.15, 0.2) is 28.0 Å². The Balaban J connectivity index is 1.94. The number of thioether (sulfide) groups is 1. The van der Waals surface area contributed by atoms with E-state index in [2.05, 4.69) is 5.32 Å². The molecule has 120 valence electrons. The summed E-state index contributed by atoms with van der Waals surface area (Å²) >= 11 is 1.60. The summed E-state index contributed by atoms with van der Waals surface area (Å²) in [4.78, 5) is 13.0. The van der Waals surface area contributed by atoms with Crippen molar-refractivity contribution in [1.82, 2.24) is 4.31 Å². The number of hydrogen-bond donors (Lipinski definition) is 1. The first-order chi connectivity index (χ1) is 10.5. The van der Waals surface area contributed by atoms with Crippen molar-refractivity contribution in [3.8, 4) is 0 Å². The van der Waals surface area contributed by atoms with Crippen LogP contribution in [0.2, 0.25) is 0 Å². The second-order valence-corrected chi connectivity index (χ2v) is 9.22. The summed E-state index contributed by atoms with van der Waals surface area (Å²) in [5.41, 5.74) is 0.609. The molecule has 2 aliphatic rings. The fraction of sp³-hybridized carbons (Fsp3) is 0.533. The van der Waals surface area contributed by atoms with E-state index in [1.54, 1.807) is 34.3 Å². The highest BCUT2D eigenvalue weighted by atomic mass is 32.2. The standard InChI is InChI=1S/C15H20N2O3S2/c1-11-9-15(18)16-13-10-12(5-6-14(13)21-11)22(19,20)17-7-3-2-4-8-17/h5-6,10-11H,2-4,7-9H2,1H3,(H,16,18). The molecule has 2 heterocycles. The van der Waals surface area contributed by atoms with Gasteiger partial charge >= 0.3 is 0 Å². The number of rotatable bonds is 2. The third kappa shape index (κ3) is 3.16. The third-order valence-corrected chi connectivity index (χ3v) is 7.05. The molecule has 0 saturated carbocycles. The molecule has 0 spiro atoms. The van der Waals surface area contributed by atoms with Crippen molar-refractivity contribution >= 4 is 33.4 Å². The number of anilines is 1. The molecule has 1 aromatic rings. The molecule has 1 fully saturated rings. The number of sulfonamides is 1. The van der Waals surface area contributed by atoms with E-state index >= 15 is 0 Å². The lowest BCUT2D eigenvalue weighted by atomic mass is 10.2. The molecule has 0 aromatic heterocycles. The van der Waals surface area contributed by atoms with E-state index in [4.69, 9.17) is 0 Å². The zero-order valence-corrected chi connectivity index (χ0v) is 14.2. The Labute approximate surface area is 135 Å². The number of piperidine rings is 1. The predicted molar refractivity (Wildman–Crippen MR) is 87.6 cm³/mol. The minimum absolute atomic E-state index is 0.0636.